The van der Waals surface area contributed by atoms with Crippen molar-refractivity contribution in [3.63, 3.8) is 0 Å². The third kappa shape index (κ3) is 2.37. The van der Waals surface area contributed by atoms with Crippen LogP contribution in [0.1, 0.15) is 23.2 Å². The summed E-state index contributed by atoms with van der Waals surface area (Å²) in [6, 6.07) is 0. The lowest BCUT2D eigenvalue weighted by Crippen LogP contribution is -2.13. The molecule has 15 heavy (non-hydrogen) atoms. The van der Waals surface area contributed by atoms with Crippen molar-refractivity contribution in [3.8, 4) is 0 Å². The summed E-state index contributed by atoms with van der Waals surface area (Å²) in [5.41, 5.74) is -3.18. The molecule has 1 aromatic heterocycles. The van der Waals surface area contributed by atoms with Crippen LogP contribution in [0.15, 0.2) is 6.20 Å². The first-order valence-electron chi connectivity index (χ1n) is 3.75. The topological polar surface area (TPSA) is 12.9 Å². The van der Waals surface area contributed by atoms with Crippen molar-refractivity contribution in [3.05, 3.63) is 28.0 Å². The summed E-state index contributed by atoms with van der Waals surface area (Å²) in [5, 5.41) is -0.285. The van der Waals surface area contributed by atoms with E-state index >= 15 is 0 Å². The third-order valence-electron chi connectivity index (χ3n) is 1.80. The average molecular weight is 246 g/mol. The molecule has 1 aromatic rings. The second-order valence-electron chi connectivity index (χ2n) is 2.79. The smallest absolute Gasteiger partial charge is 0.253 e. The van der Waals surface area contributed by atoms with Gasteiger partial charge in [0.15, 0.2) is 0 Å². The second kappa shape index (κ2) is 3.92. The van der Waals surface area contributed by atoms with E-state index in [4.69, 9.17) is 11.6 Å². The summed E-state index contributed by atoms with van der Waals surface area (Å²) in [7, 11) is 0. The van der Waals surface area contributed by atoms with Gasteiger partial charge in [0.05, 0.1) is 10.6 Å². The Morgan fingerprint density at radius 1 is 1.33 bits per heavy atom. The van der Waals surface area contributed by atoms with E-state index in [-0.39, 0.29) is 5.02 Å². The van der Waals surface area contributed by atoms with Crippen LogP contribution in [0.4, 0.5) is 22.0 Å². The Labute approximate surface area is 86.9 Å². The van der Waals surface area contributed by atoms with E-state index in [0.29, 0.717) is 0 Å². The van der Waals surface area contributed by atoms with E-state index in [0.717, 1.165) is 13.1 Å². The van der Waals surface area contributed by atoms with Crippen LogP contribution in [0.2, 0.25) is 5.02 Å². The summed E-state index contributed by atoms with van der Waals surface area (Å²) >= 11 is 5.39. The molecule has 1 rings (SSSR count). The summed E-state index contributed by atoms with van der Waals surface area (Å²) in [4.78, 5) is 3.00. The maximum atomic E-state index is 12.4. The van der Waals surface area contributed by atoms with Crippen LogP contribution in [0, 0.1) is 6.92 Å². The van der Waals surface area contributed by atoms with Crippen molar-refractivity contribution in [2.45, 2.75) is 19.5 Å². The molecule has 0 saturated carbocycles. The summed E-state index contributed by atoms with van der Waals surface area (Å²) in [6.07, 6.45) is -7.38. The summed E-state index contributed by atoms with van der Waals surface area (Å²) in [5.74, 6) is 0. The highest BCUT2D eigenvalue weighted by Gasteiger charge is 2.39. The molecule has 0 radical (unpaired) electrons. The molecule has 7 heteroatoms. The molecule has 0 saturated heterocycles. The molecule has 0 N–H and O–H groups in total. The predicted octanol–water partition coefficient (Wildman–Crippen LogP) is 4.00. The zero-order chi connectivity index (χ0) is 11.8. The monoisotopic (exact) mass is 245 g/mol. The molecule has 0 amide bonds. The normalized spacial score (nSPS) is 12.3. The van der Waals surface area contributed by atoms with Gasteiger partial charge in [0.1, 0.15) is 5.69 Å². The van der Waals surface area contributed by atoms with Crippen LogP contribution in [0.25, 0.3) is 0 Å². The van der Waals surface area contributed by atoms with Crippen molar-refractivity contribution in [1.29, 1.82) is 0 Å². The molecule has 0 aromatic carbocycles. The summed E-state index contributed by atoms with van der Waals surface area (Å²) in [6.45, 7) is 1.03. The lowest BCUT2D eigenvalue weighted by atomic mass is 10.1. The Balaban J connectivity index is 3.49. The first-order valence-corrected chi connectivity index (χ1v) is 4.13. The van der Waals surface area contributed by atoms with Crippen LogP contribution in [-0.4, -0.2) is 4.98 Å². The Kier molecular flexibility index (Phi) is 3.18. The number of hydrogen-bond donors (Lipinski definition) is 0. The van der Waals surface area contributed by atoms with Gasteiger partial charge in [-0.3, -0.25) is 4.98 Å². The average Bonchev–Trinajstić information content (AvgIpc) is 2.06. The standard InChI is InChI=1S/C8H5ClF5N/c1-3-4(9)2-15-6(7(10)11)5(3)8(12,13)14/h2,7H,1H3. The van der Waals surface area contributed by atoms with E-state index in [1.807, 2.05) is 0 Å². The number of rotatable bonds is 1. The van der Waals surface area contributed by atoms with E-state index in [9.17, 15) is 22.0 Å². The first-order chi connectivity index (χ1) is 6.75. The highest BCUT2D eigenvalue weighted by Crippen LogP contribution is 2.39. The van der Waals surface area contributed by atoms with Gasteiger partial charge < -0.3 is 0 Å². The Bertz CT molecular complexity index is 374. The lowest BCUT2D eigenvalue weighted by Gasteiger charge is -2.14. The third-order valence-corrected chi connectivity index (χ3v) is 2.18. The highest BCUT2D eigenvalue weighted by molar-refractivity contribution is 6.31. The largest absolute Gasteiger partial charge is 0.418 e. The quantitative estimate of drug-likeness (QED) is 0.682. The maximum absolute atomic E-state index is 12.4. The van der Waals surface area contributed by atoms with Gasteiger partial charge in [0, 0.05) is 6.20 Å². The zero-order valence-corrected chi connectivity index (χ0v) is 8.13. The van der Waals surface area contributed by atoms with Gasteiger partial charge in [0.2, 0.25) is 0 Å². The van der Waals surface area contributed by atoms with Gasteiger partial charge in [-0.2, -0.15) is 13.2 Å². The molecule has 0 atom stereocenters. The first kappa shape index (κ1) is 12.2. The van der Waals surface area contributed by atoms with Gasteiger partial charge in [-0.25, -0.2) is 8.78 Å². The number of halogens is 6. The fourth-order valence-corrected chi connectivity index (χ4v) is 1.27. The van der Waals surface area contributed by atoms with Crippen LogP contribution in [0.3, 0.4) is 0 Å². The second-order valence-corrected chi connectivity index (χ2v) is 3.20. The van der Waals surface area contributed by atoms with Crippen molar-refractivity contribution in [1.82, 2.24) is 4.98 Å². The van der Waals surface area contributed by atoms with Crippen molar-refractivity contribution in [2.24, 2.45) is 0 Å². The van der Waals surface area contributed by atoms with Gasteiger partial charge in [-0.15, -0.1) is 0 Å². The molecule has 0 unspecified atom stereocenters. The van der Waals surface area contributed by atoms with Crippen LogP contribution in [0.5, 0.6) is 0 Å². The van der Waals surface area contributed by atoms with Crippen LogP contribution < -0.4 is 0 Å². The van der Waals surface area contributed by atoms with E-state index in [2.05, 4.69) is 4.98 Å². The summed E-state index contributed by atoms with van der Waals surface area (Å²) < 4.78 is 61.8. The predicted molar refractivity (Wildman–Crippen MR) is 43.9 cm³/mol. The number of nitrogens with zero attached hydrogens (tertiary/aromatic N) is 1. The number of pyridine rings is 1. The lowest BCUT2D eigenvalue weighted by molar-refractivity contribution is -0.140. The number of alkyl halides is 5. The van der Waals surface area contributed by atoms with Crippen molar-refractivity contribution < 1.29 is 22.0 Å². The minimum atomic E-state index is -4.88. The molecule has 0 spiro atoms. The Morgan fingerprint density at radius 3 is 2.27 bits per heavy atom. The molecule has 0 aliphatic carbocycles. The maximum Gasteiger partial charge on any atom is 0.418 e. The molecule has 0 bridgehead atoms. The molecular weight excluding hydrogens is 241 g/mol. The molecular formula is C8H5ClF5N. The van der Waals surface area contributed by atoms with Crippen molar-refractivity contribution >= 4 is 11.6 Å². The van der Waals surface area contributed by atoms with E-state index in [1.165, 1.54) is 0 Å². The molecule has 1 heterocycles. The Hall–Kier alpha value is -0.910. The Morgan fingerprint density at radius 2 is 1.87 bits per heavy atom. The minimum Gasteiger partial charge on any atom is -0.253 e. The van der Waals surface area contributed by atoms with E-state index < -0.39 is 29.4 Å². The molecule has 1 nitrogen and oxygen atoms in total. The van der Waals surface area contributed by atoms with Gasteiger partial charge in [-0.1, -0.05) is 11.6 Å². The van der Waals surface area contributed by atoms with Gasteiger partial charge >= 0.3 is 6.18 Å². The zero-order valence-electron chi connectivity index (χ0n) is 7.37. The van der Waals surface area contributed by atoms with Gasteiger partial charge in [-0.05, 0) is 12.5 Å². The fourth-order valence-electron chi connectivity index (χ4n) is 1.12. The number of aromatic nitrogens is 1. The molecule has 0 aliphatic heterocycles. The van der Waals surface area contributed by atoms with Crippen molar-refractivity contribution in [2.75, 3.05) is 0 Å². The fraction of sp³-hybridized carbons (Fsp3) is 0.375. The highest BCUT2D eigenvalue weighted by atomic mass is 35.5. The molecule has 0 fully saturated rings. The molecule has 84 valence electrons. The number of hydrogen-bond acceptors (Lipinski definition) is 1. The van der Waals surface area contributed by atoms with Crippen LogP contribution in [-0.2, 0) is 6.18 Å². The SMILES string of the molecule is Cc1c(Cl)cnc(C(F)F)c1C(F)(F)F. The minimum absolute atomic E-state index is 0.285. The van der Waals surface area contributed by atoms with E-state index in [1.54, 1.807) is 0 Å². The van der Waals surface area contributed by atoms with Crippen LogP contribution >= 0.6 is 11.6 Å². The molecule has 0 aliphatic rings. The van der Waals surface area contributed by atoms with Gasteiger partial charge in [0.25, 0.3) is 6.43 Å².